The summed E-state index contributed by atoms with van der Waals surface area (Å²) >= 11 is 6.51. The number of guanidine groups is 1. The van der Waals surface area contributed by atoms with Crippen LogP contribution in [0.1, 0.15) is 39.2 Å². The van der Waals surface area contributed by atoms with Crippen molar-refractivity contribution >= 4 is 23.7 Å². The molecule has 1 heterocycles. The smallest absolute Gasteiger partial charge is 0.407 e. The van der Waals surface area contributed by atoms with Crippen LogP contribution in [-0.2, 0) is 14.9 Å². The van der Waals surface area contributed by atoms with E-state index in [1.807, 2.05) is 39.0 Å². The number of halogens is 1. The zero-order valence-electron chi connectivity index (χ0n) is 17.8. The highest BCUT2D eigenvalue weighted by atomic mass is 35.5. The number of aliphatic imine (C=N–C) groups is 1. The lowest BCUT2D eigenvalue weighted by atomic mass is 9.74. The van der Waals surface area contributed by atoms with Crippen molar-refractivity contribution in [3.8, 4) is 0 Å². The van der Waals surface area contributed by atoms with E-state index >= 15 is 0 Å². The highest BCUT2D eigenvalue weighted by molar-refractivity contribution is 6.31. The lowest BCUT2D eigenvalue weighted by Gasteiger charge is -2.38. The number of ether oxygens (including phenoxy) is 2. The Balaban J connectivity index is 1.88. The quantitative estimate of drug-likeness (QED) is 0.371. The largest absolute Gasteiger partial charge is 0.444 e. The molecule has 0 unspecified atom stereocenters. The minimum atomic E-state index is -0.508. The van der Waals surface area contributed by atoms with E-state index in [-0.39, 0.29) is 5.41 Å². The van der Waals surface area contributed by atoms with Gasteiger partial charge in [0.25, 0.3) is 0 Å². The minimum Gasteiger partial charge on any atom is -0.444 e. The molecule has 0 aliphatic carbocycles. The molecule has 2 rings (SSSR count). The Morgan fingerprint density at radius 2 is 1.83 bits per heavy atom. The molecule has 1 aliphatic rings. The summed E-state index contributed by atoms with van der Waals surface area (Å²) in [6, 6.07) is 8.00. The molecule has 1 amide bonds. The summed E-state index contributed by atoms with van der Waals surface area (Å²) in [5, 5.41) is 10.1. The predicted octanol–water partition coefficient (Wildman–Crippen LogP) is 3.08. The molecule has 3 N–H and O–H groups in total. The lowest BCUT2D eigenvalue weighted by molar-refractivity contribution is 0.0514. The molecule has 0 bridgehead atoms. The molecule has 162 valence electrons. The van der Waals surface area contributed by atoms with Crippen LogP contribution in [-0.4, -0.2) is 57.5 Å². The van der Waals surface area contributed by atoms with Crippen LogP contribution in [0.3, 0.4) is 0 Å². The third kappa shape index (κ3) is 7.40. The van der Waals surface area contributed by atoms with Crippen molar-refractivity contribution in [3.63, 3.8) is 0 Å². The second kappa shape index (κ2) is 10.7. The van der Waals surface area contributed by atoms with Gasteiger partial charge in [-0.25, -0.2) is 4.79 Å². The number of carbonyl (C=O) groups excluding carboxylic acids is 1. The Hall–Kier alpha value is -1.99. The second-order valence-corrected chi connectivity index (χ2v) is 8.56. The average molecular weight is 425 g/mol. The number of benzene rings is 1. The van der Waals surface area contributed by atoms with E-state index in [9.17, 15) is 4.79 Å². The molecule has 1 aromatic carbocycles. The summed E-state index contributed by atoms with van der Waals surface area (Å²) in [5.41, 5.74) is 0.522. The molecule has 0 atom stereocenters. The number of rotatable bonds is 6. The van der Waals surface area contributed by atoms with Crippen LogP contribution in [0.15, 0.2) is 29.3 Å². The van der Waals surface area contributed by atoms with Crippen LogP contribution in [0.5, 0.6) is 0 Å². The fourth-order valence-electron chi connectivity index (χ4n) is 3.33. The lowest BCUT2D eigenvalue weighted by Crippen LogP contribution is -2.49. The van der Waals surface area contributed by atoms with Crippen LogP contribution < -0.4 is 16.0 Å². The fraction of sp³-hybridized carbons (Fsp3) is 0.619. The average Bonchev–Trinajstić information content (AvgIpc) is 2.67. The van der Waals surface area contributed by atoms with Gasteiger partial charge in [-0.1, -0.05) is 29.8 Å². The number of nitrogens with zero attached hydrogens (tertiary/aromatic N) is 1. The first-order chi connectivity index (χ1) is 13.8. The Kier molecular flexibility index (Phi) is 8.59. The number of hydrogen-bond acceptors (Lipinski definition) is 4. The van der Waals surface area contributed by atoms with E-state index in [0.29, 0.717) is 38.8 Å². The van der Waals surface area contributed by atoms with Crippen LogP contribution in [0.4, 0.5) is 4.79 Å². The summed E-state index contributed by atoms with van der Waals surface area (Å²) < 4.78 is 10.8. The molecular formula is C21H33ClN4O3. The third-order valence-corrected chi connectivity index (χ3v) is 5.13. The maximum absolute atomic E-state index is 11.7. The Bertz CT molecular complexity index is 697. The summed E-state index contributed by atoms with van der Waals surface area (Å²) in [4.78, 5) is 16.0. The standard InChI is InChI=1S/C21H33ClN4O3/c1-20(2,3)29-19(27)25-12-11-24-18(23-4)26-15-21(9-13-28-14-10-21)16-7-5-6-8-17(16)22/h5-8H,9-15H2,1-4H3,(H,25,27)(H2,23,24,26). The van der Waals surface area contributed by atoms with Crippen LogP contribution in [0, 0.1) is 0 Å². The van der Waals surface area contributed by atoms with E-state index in [2.05, 4.69) is 27.0 Å². The summed E-state index contributed by atoms with van der Waals surface area (Å²) in [6.45, 7) is 8.57. The van der Waals surface area contributed by atoms with Crippen molar-refractivity contribution in [2.45, 2.75) is 44.6 Å². The van der Waals surface area contributed by atoms with Gasteiger partial charge in [0.1, 0.15) is 5.60 Å². The van der Waals surface area contributed by atoms with E-state index < -0.39 is 11.7 Å². The Labute approximate surface area is 178 Å². The topological polar surface area (TPSA) is 84.0 Å². The number of nitrogens with one attached hydrogen (secondary N) is 3. The van der Waals surface area contributed by atoms with Gasteiger partial charge >= 0.3 is 6.09 Å². The highest BCUT2D eigenvalue weighted by Crippen LogP contribution is 2.38. The first-order valence-corrected chi connectivity index (χ1v) is 10.4. The van der Waals surface area contributed by atoms with Gasteiger partial charge < -0.3 is 25.4 Å². The zero-order chi connectivity index (χ0) is 21.3. The first kappa shape index (κ1) is 23.3. The van der Waals surface area contributed by atoms with Crippen molar-refractivity contribution in [3.05, 3.63) is 34.9 Å². The van der Waals surface area contributed by atoms with E-state index in [1.165, 1.54) is 0 Å². The van der Waals surface area contributed by atoms with Crippen LogP contribution in [0.2, 0.25) is 5.02 Å². The molecule has 8 heteroatoms. The van der Waals surface area contributed by atoms with Gasteiger partial charge in [-0.2, -0.15) is 0 Å². The van der Waals surface area contributed by atoms with Gasteiger partial charge in [0.2, 0.25) is 0 Å². The summed E-state index contributed by atoms with van der Waals surface area (Å²) in [5.74, 6) is 0.675. The molecular weight excluding hydrogens is 392 g/mol. The van der Waals surface area contributed by atoms with Crippen molar-refractivity contribution in [1.82, 2.24) is 16.0 Å². The third-order valence-electron chi connectivity index (χ3n) is 4.80. The molecule has 0 saturated carbocycles. The number of hydrogen-bond donors (Lipinski definition) is 3. The number of carbonyl (C=O) groups is 1. The van der Waals surface area contributed by atoms with Gasteiger partial charge in [0.05, 0.1) is 0 Å². The predicted molar refractivity (Wildman–Crippen MR) is 117 cm³/mol. The molecule has 1 saturated heterocycles. The maximum Gasteiger partial charge on any atom is 0.407 e. The summed E-state index contributed by atoms with van der Waals surface area (Å²) in [7, 11) is 1.72. The van der Waals surface area contributed by atoms with Crippen LogP contribution >= 0.6 is 11.6 Å². The summed E-state index contributed by atoms with van der Waals surface area (Å²) in [6.07, 6.45) is 1.35. The van der Waals surface area contributed by atoms with Crippen molar-refractivity contribution in [1.29, 1.82) is 0 Å². The molecule has 0 aromatic heterocycles. The maximum atomic E-state index is 11.7. The van der Waals surface area contributed by atoms with Crippen molar-refractivity contribution in [2.75, 3.05) is 39.9 Å². The molecule has 1 aromatic rings. The molecule has 0 spiro atoms. The van der Waals surface area contributed by atoms with Gasteiger partial charge in [-0.05, 0) is 45.2 Å². The molecule has 1 fully saturated rings. The van der Waals surface area contributed by atoms with Crippen molar-refractivity contribution < 1.29 is 14.3 Å². The fourth-order valence-corrected chi connectivity index (χ4v) is 3.66. The highest BCUT2D eigenvalue weighted by Gasteiger charge is 2.36. The monoisotopic (exact) mass is 424 g/mol. The number of alkyl carbamates (subject to hydrolysis) is 1. The number of amides is 1. The van der Waals surface area contributed by atoms with Crippen LogP contribution in [0.25, 0.3) is 0 Å². The molecule has 29 heavy (non-hydrogen) atoms. The molecule has 0 radical (unpaired) electrons. The second-order valence-electron chi connectivity index (χ2n) is 8.15. The van der Waals surface area contributed by atoms with Gasteiger partial charge in [-0.15, -0.1) is 0 Å². The van der Waals surface area contributed by atoms with Gasteiger partial charge in [-0.3, -0.25) is 4.99 Å². The van der Waals surface area contributed by atoms with Crippen molar-refractivity contribution in [2.24, 2.45) is 4.99 Å². The van der Waals surface area contributed by atoms with E-state index in [1.54, 1.807) is 7.05 Å². The molecule has 1 aliphatic heterocycles. The SMILES string of the molecule is CN=C(NCCNC(=O)OC(C)(C)C)NCC1(c2ccccc2Cl)CCOCC1. The zero-order valence-corrected chi connectivity index (χ0v) is 18.6. The normalized spacial score (nSPS) is 16.8. The first-order valence-electron chi connectivity index (χ1n) is 10.00. The van der Waals surface area contributed by atoms with E-state index in [0.717, 1.165) is 23.4 Å². The Morgan fingerprint density at radius 1 is 1.17 bits per heavy atom. The minimum absolute atomic E-state index is 0.108. The van der Waals surface area contributed by atoms with E-state index in [4.69, 9.17) is 21.1 Å². The van der Waals surface area contributed by atoms with Gasteiger partial charge in [0.15, 0.2) is 5.96 Å². The molecule has 7 nitrogen and oxygen atoms in total. The van der Waals surface area contributed by atoms with Gasteiger partial charge in [0, 0.05) is 50.3 Å². The Morgan fingerprint density at radius 3 is 2.45 bits per heavy atom.